The highest BCUT2D eigenvalue weighted by Crippen LogP contribution is 2.44. The Morgan fingerprint density at radius 1 is 0.722 bits per heavy atom. The highest BCUT2D eigenvalue weighted by molar-refractivity contribution is 5.68. The van der Waals surface area contributed by atoms with Crippen LogP contribution >= 0.6 is 0 Å². The lowest BCUT2D eigenvalue weighted by atomic mass is 9.64. The van der Waals surface area contributed by atoms with E-state index in [0.29, 0.717) is 24.2 Å². The van der Waals surface area contributed by atoms with Gasteiger partial charge < -0.3 is 31.6 Å². The Labute approximate surface area is 215 Å². The molecule has 2 amide bonds. The first-order valence-electron chi connectivity index (χ1n) is 12.8. The average molecular weight is 499 g/mol. The summed E-state index contributed by atoms with van der Waals surface area (Å²) in [5.41, 5.74) is 12.8. The molecule has 0 aliphatic heterocycles. The van der Waals surface area contributed by atoms with E-state index in [0.717, 1.165) is 25.7 Å². The fraction of sp³-hybridized carbons (Fsp3) is 0.500. The second-order valence-electron chi connectivity index (χ2n) is 9.13. The predicted molar refractivity (Wildman–Crippen MR) is 142 cm³/mol. The molecule has 2 aromatic carbocycles. The molecule has 36 heavy (non-hydrogen) atoms. The number of amides is 2. The number of nitrogens with two attached hydrogens (primary N) is 2. The van der Waals surface area contributed by atoms with Crippen LogP contribution in [0.25, 0.3) is 0 Å². The van der Waals surface area contributed by atoms with Crippen LogP contribution in [0.15, 0.2) is 60.7 Å². The molecule has 0 heterocycles. The molecule has 4 unspecified atom stereocenters. The lowest BCUT2D eigenvalue weighted by Gasteiger charge is -2.51. The second-order valence-corrected chi connectivity index (χ2v) is 9.13. The van der Waals surface area contributed by atoms with E-state index < -0.39 is 35.5 Å². The fourth-order valence-electron chi connectivity index (χ4n) is 4.37. The highest BCUT2D eigenvalue weighted by Gasteiger charge is 2.58. The van der Waals surface area contributed by atoms with Crippen LogP contribution in [0.5, 0.6) is 0 Å². The van der Waals surface area contributed by atoms with Crippen molar-refractivity contribution >= 4 is 12.2 Å². The Hall–Kier alpha value is -3.10. The number of ether oxygens (including phenoxy) is 2. The molecule has 4 atom stereocenters. The maximum atomic E-state index is 12.6. The normalized spacial score (nSPS) is 16.1. The van der Waals surface area contributed by atoms with E-state index in [1.54, 1.807) is 13.8 Å². The van der Waals surface area contributed by atoms with Gasteiger partial charge in [0.2, 0.25) is 0 Å². The predicted octanol–water partition coefficient (Wildman–Crippen LogP) is 4.52. The van der Waals surface area contributed by atoms with Gasteiger partial charge in [-0.25, -0.2) is 9.59 Å². The molecular weight excluding hydrogens is 456 g/mol. The highest BCUT2D eigenvalue weighted by atomic mass is 16.6. The minimum Gasteiger partial charge on any atom is -0.444 e. The molecule has 0 spiro atoms. The zero-order chi connectivity index (χ0) is 26.6. The third kappa shape index (κ3) is 6.77. The Morgan fingerprint density at radius 2 is 1.06 bits per heavy atom. The summed E-state index contributed by atoms with van der Waals surface area (Å²) in [5, 5.41) is 5.53. The maximum absolute atomic E-state index is 12.6. The van der Waals surface area contributed by atoms with E-state index in [-0.39, 0.29) is 0 Å². The average Bonchev–Trinajstić information content (AvgIpc) is 2.88. The van der Waals surface area contributed by atoms with Crippen molar-refractivity contribution in [3.63, 3.8) is 0 Å². The number of hydrogen-bond donors (Lipinski definition) is 4. The zero-order valence-corrected chi connectivity index (χ0v) is 22.0. The molecule has 0 aliphatic rings. The van der Waals surface area contributed by atoms with Gasteiger partial charge in [-0.2, -0.15) is 0 Å². The summed E-state index contributed by atoms with van der Waals surface area (Å²) in [6.45, 7) is 8.50. The smallest absolute Gasteiger partial charge is 0.407 e. The first kappa shape index (κ1) is 29.1. The number of hydrogen-bond acceptors (Lipinski definition) is 6. The van der Waals surface area contributed by atoms with E-state index in [9.17, 15) is 9.59 Å². The molecule has 0 aromatic heterocycles. The van der Waals surface area contributed by atoms with Crippen LogP contribution < -0.4 is 22.1 Å². The second kappa shape index (κ2) is 13.8. The van der Waals surface area contributed by atoms with Gasteiger partial charge >= 0.3 is 12.2 Å². The van der Waals surface area contributed by atoms with E-state index >= 15 is 0 Å². The number of nitrogens with one attached hydrogen (secondary N) is 2. The van der Waals surface area contributed by atoms with Crippen molar-refractivity contribution < 1.29 is 19.1 Å². The van der Waals surface area contributed by atoms with Gasteiger partial charge in [0.25, 0.3) is 0 Å². The van der Waals surface area contributed by atoms with E-state index in [1.165, 1.54) is 0 Å². The fourth-order valence-corrected chi connectivity index (χ4v) is 4.37. The SMILES string of the molecule is CCCCNC(=O)OC(C)C(N)(c1ccccc1)C(N)(c1ccccc1)C(C)OC(=O)NCCCC. The number of benzene rings is 2. The maximum Gasteiger partial charge on any atom is 0.407 e. The summed E-state index contributed by atoms with van der Waals surface area (Å²) >= 11 is 0. The first-order valence-corrected chi connectivity index (χ1v) is 12.8. The van der Waals surface area contributed by atoms with Crippen LogP contribution in [0.4, 0.5) is 9.59 Å². The van der Waals surface area contributed by atoms with Crippen molar-refractivity contribution in [1.82, 2.24) is 10.6 Å². The molecule has 0 radical (unpaired) electrons. The Kier molecular flexibility index (Phi) is 11.2. The summed E-state index contributed by atoms with van der Waals surface area (Å²) < 4.78 is 11.6. The van der Waals surface area contributed by atoms with E-state index in [1.807, 2.05) is 74.5 Å². The Balaban J connectivity index is 2.54. The third-order valence-electron chi connectivity index (χ3n) is 6.64. The lowest BCUT2D eigenvalue weighted by Crippen LogP contribution is -2.71. The van der Waals surface area contributed by atoms with Gasteiger partial charge in [-0.1, -0.05) is 87.4 Å². The summed E-state index contributed by atoms with van der Waals surface area (Å²) in [5.74, 6) is 0. The van der Waals surface area contributed by atoms with Crippen molar-refractivity contribution in [3.05, 3.63) is 71.8 Å². The van der Waals surface area contributed by atoms with Gasteiger partial charge in [0, 0.05) is 13.1 Å². The van der Waals surface area contributed by atoms with Gasteiger partial charge in [-0.3, -0.25) is 0 Å². The van der Waals surface area contributed by atoms with E-state index in [2.05, 4.69) is 10.6 Å². The summed E-state index contributed by atoms with van der Waals surface area (Å²) in [6.07, 6.45) is 0.608. The van der Waals surface area contributed by atoms with E-state index in [4.69, 9.17) is 20.9 Å². The number of carbonyl (C=O) groups is 2. The molecule has 2 rings (SSSR count). The van der Waals surface area contributed by atoms with Crippen LogP contribution in [-0.4, -0.2) is 37.5 Å². The Bertz CT molecular complexity index is 866. The van der Waals surface area contributed by atoms with Gasteiger partial charge in [0.15, 0.2) is 0 Å². The molecule has 0 aliphatic carbocycles. The minimum absolute atomic E-state index is 0.495. The quantitative estimate of drug-likeness (QED) is 0.301. The Morgan fingerprint density at radius 3 is 1.36 bits per heavy atom. The lowest BCUT2D eigenvalue weighted by molar-refractivity contribution is -0.0381. The molecular formula is C28H42N4O4. The number of alkyl carbamates (subject to hydrolysis) is 2. The monoisotopic (exact) mass is 498 g/mol. The number of carbonyl (C=O) groups excluding carboxylic acids is 2. The molecule has 0 fully saturated rings. The number of unbranched alkanes of at least 4 members (excludes halogenated alkanes) is 2. The van der Waals surface area contributed by atoms with Gasteiger partial charge in [-0.05, 0) is 37.8 Å². The van der Waals surface area contributed by atoms with Crippen molar-refractivity contribution in [2.75, 3.05) is 13.1 Å². The zero-order valence-electron chi connectivity index (χ0n) is 22.0. The molecule has 198 valence electrons. The molecule has 8 heteroatoms. The molecule has 6 N–H and O–H groups in total. The standard InChI is InChI=1S/C28H42N4O4/c1-5-7-19-31-25(33)35-21(3)27(29,23-15-11-9-12-16-23)28(30,24-17-13-10-14-18-24)22(4)36-26(34)32-20-8-6-2/h9-18,21-22H,5-8,19-20,29-30H2,1-4H3,(H,31,33)(H,32,34). The molecule has 8 nitrogen and oxygen atoms in total. The van der Waals surface area contributed by atoms with Crippen LogP contribution in [-0.2, 0) is 20.6 Å². The third-order valence-corrected chi connectivity index (χ3v) is 6.64. The summed E-state index contributed by atoms with van der Waals surface area (Å²) in [4.78, 5) is 25.3. The van der Waals surface area contributed by atoms with Crippen molar-refractivity contribution in [2.24, 2.45) is 11.5 Å². The molecule has 0 saturated carbocycles. The van der Waals surface area contributed by atoms with Crippen molar-refractivity contribution in [3.8, 4) is 0 Å². The number of rotatable bonds is 13. The largest absolute Gasteiger partial charge is 0.444 e. The molecule has 2 aromatic rings. The summed E-state index contributed by atoms with van der Waals surface area (Å²) in [7, 11) is 0. The van der Waals surface area contributed by atoms with Crippen molar-refractivity contribution in [1.29, 1.82) is 0 Å². The van der Waals surface area contributed by atoms with Gasteiger partial charge in [0.1, 0.15) is 23.3 Å². The topological polar surface area (TPSA) is 129 Å². The van der Waals surface area contributed by atoms with Gasteiger partial charge in [-0.15, -0.1) is 0 Å². The van der Waals surface area contributed by atoms with Crippen LogP contribution in [0, 0.1) is 0 Å². The minimum atomic E-state index is -1.47. The van der Waals surface area contributed by atoms with Crippen LogP contribution in [0.2, 0.25) is 0 Å². The molecule has 0 saturated heterocycles. The van der Waals surface area contributed by atoms with Crippen LogP contribution in [0.1, 0.15) is 64.5 Å². The first-order chi connectivity index (χ1) is 17.2. The van der Waals surface area contributed by atoms with Crippen molar-refractivity contribution in [2.45, 2.75) is 76.7 Å². The van der Waals surface area contributed by atoms with Crippen LogP contribution in [0.3, 0.4) is 0 Å². The molecule has 0 bridgehead atoms. The summed E-state index contributed by atoms with van der Waals surface area (Å²) in [6, 6.07) is 18.5. The van der Waals surface area contributed by atoms with Gasteiger partial charge in [0.05, 0.1) is 0 Å².